The number of amides is 1. The lowest BCUT2D eigenvalue weighted by atomic mass is 10.2. The molecular formula is C15H15ClN2O3S. The average Bonchev–Trinajstić information content (AvgIpc) is 2.53. The maximum Gasteiger partial charge on any atom is 0.234 e. The molecule has 1 N–H and O–H groups in total. The zero-order valence-corrected chi connectivity index (χ0v) is 13.7. The molecule has 0 saturated carbocycles. The van der Waals surface area contributed by atoms with Crippen molar-refractivity contribution in [3.63, 3.8) is 0 Å². The minimum absolute atomic E-state index is 0.165. The number of thioether (sulfide) groups is 1. The Labute approximate surface area is 138 Å². The van der Waals surface area contributed by atoms with Crippen LogP contribution in [0.3, 0.4) is 0 Å². The number of carbonyl (C=O) groups excluding carboxylic acids is 1. The quantitative estimate of drug-likeness (QED) is 0.817. The Kier molecular flexibility index (Phi) is 5.91. The summed E-state index contributed by atoms with van der Waals surface area (Å²) in [5.74, 6) is 1.25. The molecule has 1 heterocycles. The third-order valence-electron chi connectivity index (χ3n) is 2.70. The van der Waals surface area contributed by atoms with E-state index >= 15 is 0 Å². The van der Waals surface area contributed by atoms with Gasteiger partial charge in [0, 0.05) is 30.1 Å². The molecule has 5 nitrogen and oxygen atoms in total. The fourth-order valence-corrected chi connectivity index (χ4v) is 2.65. The highest BCUT2D eigenvalue weighted by Crippen LogP contribution is 2.27. The molecule has 2 rings (SSSR count). The first-order valence-electron chi connectivity index (χ1n) is 6.38. The van der Waals surface area contributed by atoms with Crippen molar-refractivity contribution in [2.45, 2.75) is 5.03 Å². The van der Waals surface area contributed by atoms with Crippen LogP contribution in [-0.2, 0) is 4.79 Å². The van der Waals surface area contributed by atoms with Crippen molar-refractivity contribution in [1.82, 2.24) is 4.98 Å². The summed E-state index contributed by atoms with van der Waals surface area (Å²) in [5, 5.41) is 3.95. The van der Waals surface area contributed by atoms with Gasteiger partial charge in [0.25, 0.3) is 0 Å². The van der Waals surface area contributed by atoms with Gasteiger partial charge in [-0.1, -0.05) is 23.4 Å². The maximum atomic E-state index is 12.0. The average molecular weight is 339 g/mol. The number of carbonyl (C=O) groups is 1. The van der Waals surface area contributed by atoms with Crippen LogP contribution in [-0.4, -0.2) is 30.9 Å². The summed E-state index contributed by atoms with van der Waals surface area (Å²) in [4.78, 5) is 16.1. The predicted octanol–water partition coefficient (Wildman–Crippen LogP) is 3.48. The fourth-order valence-electron chi connectivity index (χ4n) is 1.69. The standard InChI is InChI=1S/C15H15ClN2O3S/c1-20-11-6-10(7-12(8-11)21-2)18-14(19)9-22-15-13(16)4-3-5-17-15/h3-8H,9H2,1-2H3,(H,18,19). The van der Waals surface area contributed by atoms with Crippen molar-refractivity contribution in [1.29, 1.82) is 0 Å². The molecule has 1 aromatic carbocycles. The van der Waals surface area contributed by atoms with E-state index in [0.717, 1.165) is 0 Å². The molecule has 0 aliphatic heterocycles. The van der Waals surface area contributed by atoms with Crippen LogP contribution in [0.2, 0.25) is 5.02 Å². The Balaban J connectivity index is 1.98. The number of ether oxygens (including phenoxy) is 2. The number of hydrogen-bond donors (Lipinski definition) is 1. The van der Waals surface area contributed by atoms with Gasteiger partial charge < -0.3 is 14.8 Å². The van der Waals surface area contributed by atoms with Crippen LogP contribution in [0.4, 0.5) is 5.69 Å². The smallest absolute Gasteiger partial charge is 0.234 e. The molecule has 1 aromatic heterocycles. The maximum absolute atomic E-state index is 12.0. The molecule has 7 heteroatoms. The summed E-state index contributed by atoms with van der Waals surface area (Å²) in [6.07, 6.45) is 1.64. The van der Waals surface area contributed by atoms with E-state index in [4.69, 9.17) is 21.1 Å². The number of hydrogen-bond acceptors (Lipinski definition) is 5. The van der Waals surface area contributed by atoms with Crippen molar-refractivity contribution in [2.24, 2.45) is 0 Å². The highest BCUT2D eigenvalue weighted by molar-refractivity contribution is 8.00. The molecule has 0 fully saturated rings. The topological polar surface area (TPSA) is 60.5 Å². The molecule has 0 saturated heterocycles. The number of benzene rings is 1. The van der Waals surface area contributed by atoms with Crippen molar-refractivity contribution >= 4 is 35.0 Å². The van der Waals surface area contributed by atoms with Gasteiger partial charge >= 0.3 is 0 Å². The van der Waals surface area contributed by atoms with Gasteiger partial charge in [-0.15, -0.1) is 0 Å². The number of pyridine rings is 1. The second-order valence-corrected chi connectivity index (χ2v) is 5.60. The number of halogens is 1. The minimum Gasteiger partial charge on any atom is -0.497 e. The van der Waals surface area contributed by atoms with Crippen molar-refractivity contribution in [2.75, 3.05) is 25.3 Å². The summed E-state index contributed by atoms with van der Waals surface area (Å²) >= 11 is 7.28. The predicted molar refractivity (Wildman–Crippen MR) is 88.1 cm³/mol. The summed E-state index contributed by atoms with van der Waals surface area (Å²) in [6, 6.07) is 8.66. The molecule has 0 radical (unpaired) electrons. The van der Waals surface area contributed by atoms with Crippen molar-refractivity contribution in [3.05, 3.63) is 41.6 Å². The van der Waals surface area contributed by atoms with E-state index in [0.29, 0.717) is 27.2 Å². The highest BCUT2D eigenvalue weighted by Gasteiger charge is 2.09. The largest absolute Gasteiger partial charge is 0.497 e. The number of aromatic nitrogens is 1. The first-order valence-corrected chi connectivity index (χ1v) is 7.75. The van der Waals surface area contributed by atoms with E-state index < -0.39 is 0 Å². The first kappa shape index (κ1) is 16.5. The third-order valence-corrected chi connectivity index (χ3v) is 4.12. The Morgan fingerprint density at radius 3 is 2.55 bits per heavy atom. The zero-order chi connectivity index (χ0) is 15.9. The molecule has 0 unspecified atom stereocenters. The lowest BCUT2D eigenvalue weighted by Gasteiger charge is -2.10. The van der Waals surface area contributed by atoms with Crippen molar-refractivity contribution in [3.8, 4) is 11.5 Å². The Bertz CT molecular complexity index is 645. The Morgan fingerprint density at radius 2 is 1.95 bits per heavy atom. The molecular weight excluding hydrogens is 324 g/mol. The van der Waals surface area contributed by atoms with Crippen LogP contribution in [0.1, 0.15) is 0 Å². The number of methoxy groups -OCH3 is 2. The molecule has 0 aliphatic carbocycles. The summed E-state index contributed by atoms with van der Waals surface area (Å²) < 4.78 is 10.3. The van der Waals surface area contributed by atoms with Crippen LogP contribution in [0.25, 0.3) is 0 Å². The van der Waals surface area contributed by atoms with Gasteiger partial charge in [-0.25, -0.2) is 4.98 Å². The Morgan fingerprint density at radius 1 is 1.27 bits per heavy atom. The SMILES string of the molecule is COc1cc(NC(=O)CSc2ncccc2Cl)cc(OC)c1. The first-order chi connectivity index (χ1) is 10.6. The normalized spacial score (nSPS) is 10.1. The Hall–Kier alpha value is -1.92. The highest BCUT2D eigenvalue weighted by atomic mass is 35.5. The van der Waals surface area contributed by atoms with E-state index in [1.807, 2.05) is 0 Å². The number of anilines is 1. The lowest BCUT2D eigenvalue weighted by molar-refractivity contribution is -0.113. The van der Waals surface area contributed by atoms with Crippen LogP contribution in [0.5, 0.6) is 11.5 Å². The van der Waals surface area contributed by atoms with Gasteiger partial charge in [0.1, 0.15) is 16.5 Å². The molecule has 1 amide bonds. The third kappa shape index (κ3) is 4.54. The van der Waals surface area contributed by atoms with Crippen LogP contribution >= 0.6 is 23.4 Å². The second kappa shape index (κ2) is 7.91. The van der Waals surface area contributed by atoms with Gasteiger partial charge in [-0.05, 0) is 12.1 Å². The lowest BCUT2D eigenvalue weighted by Crippen LogP contribution is -2.14. The van der Waals surface area contributed by atoms with E-state index in [1.54, 1.807) is 50.7 Å². The van der Waals surface area contributed by atoms with Gasteiger partial charge in [0.2, 0.25) is 5.91 Å². The molecule has 0 aliphatic rings. The molecule has 22 heavy (non-hydrogen) atoms. The monoisotopic (exact) mass is 338 g/mol. The van der Waals surface area contributed by atoms with Gasteiger partial charge in [-0.3, -0.25) is 4.79 Å². The molecule has 2 aromatic rings. The molecule has 0 bridgehead atoms. The van der Waals surface area contributed by atoms with E-state index in [2.05, 4.69) is 10.3 Å². The van der Waals surface area contributed by atoms with Gasteiger partial charge in [0.05, 0.1) is 25.0 Å². The van der Waals surface area contributed by atoms with Crippen LogP contribution < -0.4 is 14.8 Å². The van der Waals surface area contributed by atoms with Gasteiger partial charge in [-0.2, -0.15) is 0 Å². The zero-order valence-electron chi connectivity index (χ0n) is 12.1. The fraction of sp³-hybridized carbons (Fsp3) is 0.200. The molecule has 0 atom stereocenters. The number of rotatable bonds is 6. The van der Waals surface area contributed by atoms with Crippen LogP contribution in [0, 0.1) is 0 Å². The number of nitrogens with one attached hydrogen (secondary N) is 1. The number of nitrogens with zero attached hydrogens (tertiary/aromatic N) is 1. The summed E-state index contributed by atoms with van der Waals surface area (Å²) in [7, 11) is 3.11. The molecule has 116 valence electrons. The molecule has 0 spiro atoms. The minimum atomic E-state index is -0.165. The van der Waals surface area contributed by atoms with Crippen molar-refractivity contribution < 1.29 is 14.3 Å². The summed E-state index contributed by atoms with van der Waals surface area (Å²) in [5.41, 5.74) is 0.605. The van der Waals surface area contributed by atoms with Crippen LogP contribution in [0.15, 0.2) is 41.6 Å². The van der Waals surface area contributed by atoms with Gasteiger partial charge in [0.15, 0.2) is 0 Å². The second-order valence-electron chi connectivity index (χ2n) is 4.23. The summed E-state index contributed by atoms with van der Waals surface area (Å²) in [6.45, 7) is 0. The van der Waals surface area contributed by atoms with E-state index in [-0.39, 0.29) is 11.7 Å². The van der Waals surface area contributed by atoms with E-state index in [1.165, 1.54) is 11.8 Å². The van der Waals surface area contributed by atoms with E-state index in [9.17, 15) is 4.79 Å².